The normalized spacial score (nSPS) is 21.8. The van der Waals surface area contributed by atoms with Gasteiger partial charge in [0.05, 0.1) is 5.69 Å². The number of carbonyl (C=O) groups excluding carboxylic acids is 1. The van der Waals surface area contributed by atoms with Crippen molar-refractivity contribution in [2.24, 2.45) is 0 Å². The zero-order chi connectivity index (χ0) is 17.4. The molecule has 138 valence electrons. The molecule has 26 heavy (non-hydrogen) atoms. The summed E-state index contributed by atoms with van der Waals surface area (Å²) in [6.07, 6.45) is 2.93. The van der Waals surface area contributed by atoms with Gasteiger partial charge in [0.15, 0.2) is 5.69 Å². The molecular formula is C19H23ClN4O2. The second kappa shape index (κ2) is 7.60. The number of nitrogens with zero attached hydrogens (tertiary/aromatic N) is 3. The highest BCUT2D eigenvalue weighted by molar-refractivity contribution is 5.92. The van der Waals surface area contributed by atoms with Crippen molar-refractivity contribution >= 4 is 18.3 Å². The molecular weight excluding hydrogens is 352 g/mol. The number of carbonyl (C=O) groups is 1. The highest BCUT2D eigenvalue weighted by atomic mass is 35.5. The molecule has 0 aliphatic carbocycles. The molecule has 6 nitrogen and oxygen atoms in total. The number of aromatic nitrogens is 2. The Morgan fingerprint density at radius 2 is 1.88 bits per heavy atom. The molecule has 3 heterocycles. The number of para-hydroxylation sites is 1. The minimum atomic E-state index is -0.300. The van der Waals surface area contributed by atoms with E-state index >= 15 is 0 Å². The highest BCUT2D eigenvalue weighted by Gasteiger charge is 2.39. The van der Waals surface area contributed by atoms with E-state index in [0.717, 1.165) is 38.0 Å². The predicted octanol–water partition coefficient (Wildman–Crippen LogP) is 1.93. The maximum absolute atomic E-state index is 13.2. The highest BCUT2D eigenvalue weighted by Crippen LogP contribution is 2.28. The first-order valence-corrected chi connectivity index (χ1v) is 8.85. The van der Waals surface area contributed by atoms with Crippen molar-refractivity contribution in [3.8, 4) is 5.69 Å². The maximum Gasteiger partial charge on any atom is 0.278 e. The van der Waals surface area contributed by atoms with Crippen LogP contribution < -0.4 is 10.7 Å². The van der Waals surface area contributed by atoms with Crippen LogP contribution in [0.5, 0.6) is 0 Å². The molecule has 2 unspecified atom stereocenters. The first-order valence-electron chi connectivity index (χ1n) is 8.85. The Kier molecular flexibility index (Phi) is 5.44. The topological polar surface area (TPSA) is 67.2 Å². The van der Waals surface area contributed by atoms with E-state index in [9.17, 15) is 9.59 Å². The Morgan fingerprint density at radius 1 is 1.15 bits per heavy atom. The molecule has 1 aromatic heterocycles. The molecule has 2 aliphatic rings. The number of amides is 1. The standard InChI is InChI=1S/C19H22N4O2.ClH/c1-13-11-17(24)18(21-23(13)15-5-3-2-4-6-15)19(25)22-14-7-8-16(22)12-20-10-9-14;/h2-6,11,14,16,20H,7-10,12H2,1H3;1H. The third-order valence-electron chi connectivity index (χ3n) is 5.20. The molecule has 2 aliphatic heterocycles. The van der Waals surface area contributed by atoms with Crippen LogP contribution in [0.1, 0.15) is 35.4 Å². The molecule has 1 amide bonds. The second-order valence-corrected chi connectivity index (χ2v) is 6.84. The minimum Gasteiger partial charge on any atom is -0.330 e. The summed E-state index contributed by atoms with van der Waals surface area (Å²) in [5, 5.41) is 7.82. The molecule has 0 saturated carbocycles. The smallest absolute Gasteiger partial charge is 0.278 e. The average molecular weight is 375 g/mol. The number of nitrogens with one attached hydrogen (secondary N) is 1. The van der Waals surface area contributed by atoms with Crippen LogP contribution >= 0.6 is 12.4 Å². The maximum atomic E-state index is 13.2. The quantitative estimate of drug-likeness (QED) is 0.872. The largest absolute Gasteiger partial charge is 0.330 e. The van der Waals surface area contributed by atoms with Crippen molar-refractivity contribution in [1.82, 2.24) is 20.0 Å². The summed E-state index contributed by atoms with van der Waals surface area (Å²) in [4.78, 5) is 27.5. The Hall–Kier alpha value is -2.18. The summed E-state index contributed by atoms with van der Waals surface area (Å²) in [6.45, 7) is 3.54. The summed E-state index contributed by atoms with van der Waals surface area (Å²) in [7, 11) is 0. The van der Waals surface area contributed by atoms with Crippen molar-refractivity contribution < 1.29 is 4.79 Å². The van der Waals surface area contributed by atoms with Crippen LogP contribution in [0.25, 0.3) is 5.69 Å². The van der Waals surface area contributed by atoms with Gasteiger partial charge in [0.1, 0.15) is 0 Å². The monoisotopic (exact) mass is 374 g/mol. The summed E-state index contributed by atoms with van der Waals surface area (Å²) < 4.78 is 1.67. The molecule has 2 saturated heterocycles. The summed E-state index contributed by atoms with van der Waals surface area (Å²) >= 11 is 0. The molecule has 7 heteroatoms. The molecule has 2 fully saturated rings. The predicted molar refractivity (Wildman–Crippen MR) is 102 cm³/mol. The third kappa shape index (κ3) is 3.27. The van der Waals surface area contributed by atoms with Gasteiger partial charge < -0.3 is 10.2 Å². The van der Waals surface area contributed by atoms with E-state index in [-0.39, 0.29) is 41.5 Å². The molecule has 4 rings (SSSR count). The van der Waals surface area contributed by atoms with Crippen LogP contribution in [-0.2, 0) is 0 Å². The zero-order valence-corrected chi connectivity index (χ0v) is 15.5. The van der Waals surface area contributed by atoms with Gasteiger partial charge in [-0.2, -0.15) is 5.10 Å². The molecule has 0 radical (unpaired) electrons. The molecule has 1 N–H and O–H groups in total. The molecule has 2 bridgehead atoms. The van der Waals surface area contributed by atoms with Crippen molar-refractivity contribution in [3.05, 3.63) is 58.0 Å². The van der Waals surface area contributed by atoms with E-state index in [1.54, 1.807) is 4.68 Å². The SMILES string of the molecule is Cc1cc(=O)c(C(=O)N2C3CCNCC2CC3)nn1-c1ccccc1.Cl. The number of hydrogen-bond acceptors (Lipinski definition) is 4. The van der Waals surface area contributed by atoms with Gasteiger partial charge in [-0.15, -0.1) is 12.4 Å². The average Bonchev–Trinajstić information content (AvgIpc) is 2.88. The lowest BCUT2D eigenvalue weighted by atomic mass is 10.1. The second-order valence-electron chi connectivity index (χ2n) is 6.84. The van der Waals surface area contributed by atoms with Crippen LogP contribution in [-0.4, -0.2) is 45.8 Å². The van der Waals surface area contributed by atoms with Crippen LogP contribution in [0, 0.1) is 6.92 Å². The lowest BCUT2D eigenvalue weighted by molar-refractivity contribution is 0.0670. The Labute approximate surface area is 158 Å². The molecule has 1 aromatic carbocycles. The fourth-order valence-corrected chi connectivity index (χ4v) is 3.96. The van der Waals surface area contributed by atoms with Gasteiger partial charge in [-0.05, 0) is 44.9 Å². The van der Waals surface area contributed by atoms with Gasteiger partial charge in [-0.25, -0.2) is 4.68 Å². The summed E-state index contributed by atoms with van der Waals surface area (Å²) in [6, 6.07) is 11.5. The lowest BCUT2D eigenvalue weighted by Crippen LogP contribution is -2.45. The first kappa shape index (κ1) is 18.6. The Morgan fingerprint density at radius 3 is 2.65 bits per heavy atom. The van der Waals surface area contributed by atoms with E-state index < -0.39 is 0 Å². The van der Waals surface area contributed by atoms with E-state index in [0.29, 0.717) is 5.69 Å². The van der Waals surface area contributed by atoms with Gasteiger partial charge in [0.2, 0.25) is 5.43 Å². The van der Waals surface area contributed by atoms with Gasteiger partial charge in [-0.3, -0.25) is 9.59 Å². The van der Waals surface area contributed by atoms with E-state index in [1.807, 2.05) is 42.2 Å². The van der Waals surface area contributed by atoms with Crippen molar-refractivity contribution in [2.45, 2.75) is 38.3 Å². The Balaban J connectivity index is 0.00000196. The van der Waals surface area contributed by atoms with Crippen LogP contribution in [0.3, 0.4) is 0 Å². The molecule has 2 atom stereocenters. The fourth-order valence-electron chi connectivity index (χ4n) is 3.96. The summed E-state index contributed by atoms with van der Waals surface area (Å²) in [5.41, 5.74) is 1.28. The van der Waals surface area contributed by atoms with Crippen LogP contribution in [0.4, 0.5) is 0 Å². The minimum absolute atomic E-state index is 0. The molecule has 2 aromatic rings. The number of benzene rings is 1. The van der Waals surface area contributed by atoms with Crippen LogP contribution in [0.2, 0.25) is 0 Å². The molecule has 0 spiro atoms. The lowest BCUT2D eigenvalue weighted by Gasteiger charge is -2.27. The van der Waals surface area contributed by atoms with Gasteiger partial charge in [0.25, 0.3) is 5.91 Å². The van der Waals surface area contributed by atoms with Crippen LogP contribution in [0.15, 0.2) is 41.2 Å². The van der Waals surface area contributed by atoms with Gasteiger partial charge in [-0.1, -0.05) is 18.2 Å². The number of aryl methyl sites for hydroxylation is 1. The van der Waals surface area contributed by atoms with E-state index in [4.69, 9.17) is 0 Å². The van der Waals surface area contributed by atoms with Crippen molar-refractivity contribution in [1.29, 1.82) is 0 Å². The number of rotatable bonds is 2. The van der Waals surface area contributed by atoms with Gasteiger partial charge in [0, 0.05) is 30.4 Å². The van der Waals surface area contributed by atoms with Crippen molar-refractivity contribution in [2.75, 3.05) is 13.1 Å². The first-order chi connectivity index (χ1) is 12.1. The fraction of sp³-hybridized carbons (Fsp3) is 0.421. The Bertz CT molecular complexity index is 838. The number of halogens is 1. The number of fused-ring (bicyclic) bond motifs is 2. The zero-order valence-electron chi connectivity index (χ0n) is 14.7. The third-order valence-corrected chi connectivity index (χ3v) is 5.20. The van der Waals surface area contributed by atoms with E-state index in [1.165, 1.54) is 6.07 Å². The summed E-state index contributed by atoms with van der Waals surface area (Å²) in [5.74, 6) is -0.231. The van der Waals surface area contributed by atoms with E-state index in [2.05, 4.69) is 10.4 Å². The number of hydrogen-bond donors (Lipinski definition) is 1. The van der Waals surface area contributed by atoms with Crippen molar-refractivity contribution in [3.63, 3.8) is 0 Å². The van der Waals surface area contributed by atoms with Gasteiger partial charge >= 0.3 is 0 Å².